The van der Waals surface area contributed by atoms with Gasteiger partial charge in [0.1, 0.15) is 5.75 Å². The number of benzene rings is 1. The van der Waals surface area contributed by atoms with E-state index in [1.54, 1.807) is 6.92 Å². The lowest BCUT2D eigenvalue weighted by molar-refractivity contribution is -0.753. The molecule has 1 aromatic rings. The van der Waals surface area contributed by atoms with Crippen LogP contribution in [0.4, 0.5) is 13.2 Å². The van der Waals surface area contributed by atoms with E-state index in [4.69, 9.17) is 0 Å². The summed E-state index contributed by atoms with van der Waals surface area (Å²) in [6.07, 6.45) is -4.74. The molecule has 0 spiro atoms. The van der Waals surface area contributed by atoms with Crippen LogP contribution in [0, 0.1) is 13.8 Å². The number of hydrogen-bond acceptors (Lipinski definition) is 2. The molecule has 1 aliphatic heterocycles. The van der Waals surface area contributed by atoms with Crippen LogP contribution >= 0.6 is 0 Å². The number of quaternary nitrogens is 1. The van der Waals surface area contributed by atoms with Crippen LogP contribution in [0.5, 0.6) is 5.75 Å². The number of hydrogen-bond donors (Lipinski definition) is 3. The summed E-state index contributed by atoms with van der Waals surface area (Å²) in [6, 6.07) is 2.12. The van der Waals surface area contributed by atoms with Gasteiger partial charge in [0.25, 0.3) is 11.4 Å². The predicted octanol–water partition coefficient (Wildman–Crippen LogP) is 0.848. The van der Waals surface area contributed by atoms with Crippen molar-refractivity contribution in [3.63, 3.8) is 0 Å². The van der Waals surface area contributed by atoms with Crippen LogP contribution < -0.4 is 10.6 Å². The van der Waals surface area contributed by atoms with E-state index in [1.807, 2.05) is 0 Å². The van der Waals surface area contributed by atoms with Gasteiger partial charge < -0.3 is 15.7 Å². The molecule has 4 N–H and O–H groups in total. The SMILES string of the molecule is Cc1cc([C@@]2(C(F)(F)F)[NH2+]C[C@H](C)NC2=O)cc(C)c1O. The summed E-state index contributed by atoms with van der Waals surface area (Å²) >= 11 is 0. The van der Waals surface area contributed by atoms with E-state index in [2.05, 4.69) is 5.32 Å². The first-order valence-corrected chi connectivity index (χ1v) is 6.62. The molecule has 7 heteroatoms. The van der Waals surface area contributed by atoms with Gasteiger partial charge >= 0.3 is 6.18 Å². The minimum atomic E-state index is -4.74. The van der Waals surface area contributed by atoms with Crippen molar-refractivity contribution in [3.05, 3.63) is 28.8 Å². The Balaban J connectivity index is 2.65. The van der Waals surface area contributed by atoms with Crippen LogP contribution in [0.3, 0.4) is 0 Å². The molecule has 1 aromatic carbocycles. The van der Waals surface area contributed by atoms with E-state index >= 15 is 0 Å². The summed E-state index contributed by atoms with van der Waals surface area (Å²) in [5.74, 6) is -1.13. The fraction of sp³-hybridized carbons (Fsp3) is 0.500. The van der Waals surface area contributed by atoms with Gasteiger partial charge in [0.2, 0.25) is 0 Å². The Morgan fingerprint density at radius 2 is 1.86 bits per heavy atom. The van der Waals surface area contributed by atoms with E-state index in [-0.39, 0.29) is 23.9 Å². The summed E-state index contributed by atoms with van der Waals surface area (Å²) in [5.41, 5.74) is -2.20. The predicted molar refractivity (Wildman–Crippen MR) is 69.7 cm³/mol. The number of nitrogens with one attached hydrogen (secondary N) is 1. The van der Waals surface area contributed by atoms with Crippen LogP contribution in [0.1, 0.15) is 23.6 Å². The number of phenolic OH excluding ortho intramolecular Hbond substituents is 1. The molecule has 0 unspecified atom stereocenters. The maximum Gasteiger partial charge on any atom is 0.458 e. The average molecular weight is 303 g/mol. The molecule has 2 rings (SSSR count). The second kappa shape index (κ2) is 4.91. The molecule has 4 nitrogen and oxygen atoms in total. The zero-order valence-electron chi connectivity index (χ0n) is 12.0. The monoisotopic (exact) mass is 303 g/mol. The molecule has 1 fully saturated rings. The van der Waals surface area contributed by atoms with Crippen LogP contribution in [0.15, 0.2) is 12.1 Å². The third kappa shape index (κ3) is 2.35. The molecular weight excluding hydrogens is 285 g/mol. The number of halogens is 3. The van der Waals surface area contributed by atoms with Crippen molar-refractivity contribution >= 4 is 5.91 Å². The number of aromatic hydroxyl groups is 1. The van der Waals surface area contributed by atoms with Crippen molar-refractivity contribution in [3.8, 4) is 5.75 Å². The van der Waals surface area contributed by atoms with Gasteiger partial charge in [-0.2, -0.15) is 13.2 Å². The third-order valence-electron chi connectivity index (χ3n) is 3.91. The molecule has 21 heavy (non-hydrogen) atoms. The van der Waals surface area contributed by atoms with Gasteiger partial charge in [-0.1, -0.05) is 0 Å². The summed E-state index contributed by atoms with van der Waals surface area (Å²) in [5, 5.41) is 13.1. The van der Waals surface area contributed by atoms with Gasteiger partial charge in [-0.15, -0.1) is 0 Å². The molecule has 0 bridgehead atoms. The standard InChI is InChI=1S/C14H17F3N2O2/c1-7-4-10(5-8(2)11(7)20)13(14(15,16)17)12(21)19-9(3)6-18-13/h4-5,9,18,20H,6H2,1-3H3,(H,19,21)/p+1/t9-,13+/m0/s1. The fourth-order valence-corrected chi connectivity index (χ4v) is 2.68. The molecule has 1 saturated heterocycles. The lowest BCUT2D eigenvalue weighted by Gasteiger charge is -2.37. The number of piperazine rings is 1. The summed E-state index contributed by atoms with van der Waals surface area (Å²) in [6.45, 7) is 4.81. The molecule has 1 amide bonds. The molecule has 2 atom stereocenters. The summed E-state index contributed by atoms with van der Waals surface area (Å²) < 4.78 is 41.0. The molecule has 0 saturated carbocycles. The quantitative estimate of drug-likeness (QED) is 0.720. The Hall–Kier alpha value is -1.76. The molecule has 0 aromatic heterocycles. The maximum atomic E-state index is 13.7. The first-order chi connectivity index (χ1) is 9.59. The molecule has 0 aliphatic carbocycles. The largest absolute Gasteiger partial charge is 0.507 e. The number of alkyl halides is 3. The Bertz CT molecular complexity index is 563. The molecular formula is C14H18F3N2O2+. The first kappa shape index (κ1) is 15.6. The van der Waals surface area contributed by atoms with Crippen molar-refractivity contribution in [2.75, 3.05) is 6.54 Å². The zero-order valence-corrected chi connectivity index (χ0v) is 12.0. The molecule has 1 heterocycles. The van der Waals surface area contributed by atoms with Gasteiger partial charge in [-0.05, 0) is 44.0 Å². The van der Waals surface area contributed by atoms with Crippen molar-refractivity contribution < 1.29 is 28.4 Å². The summed E-state index contributed by atoms with van der Waals surface area (Å²) in [4.78, 5) is 12.2. The van der Waals surface area contributed by atoms with E-state index in [0.29, 0.717) is 11.1 Å². The summed E-state index contributed by atoms with van der Waals surface area (Å²) in [7, 11) is 0. The van der Waals surface area contributed by atoms with Crippen molar-refractivity contribution in [2.24, 2.45) is 0 Å². The second-order valence-corrected chi connectivity index (χ2v) is 5.58. The molecule has 1 aliphatic rings. The normalized spacial score (nSPS) is 26.6. The Morgan fingerprint density at radius 3 is 2.29 bits per heavy atom. The van der Waals surface area contributed by atoms with Gasteiger partial charge in [0, 0.05) is 5.56 Å². The fourth-order valence-electron chi connectivity index (χ4n) is 2.68. The van der Waals surface area contributed by atoms with Crippen molar-refractivity contribution in [2.45, 2.75) is 38.5 Å². The Morgan fingerprint density at radius 1 is 1.33 bits per heavy atom. The van der Waals surface area contributed by atoms with Gasteiger partial charge in [-0.25, -0.2) is 0 Å². The van der Waals surface area contributed by atoms with Crippen LogP contribution in [-0.2, 0) is 10.3 Å². The number of carbonyl (C=O) groups is 1. The minimum absolute atomic E-state index is 0.0549. The second-order valence-electron chi connectivity index (χ2n) is 5.58. The van der Waals surface area contributed by atoms with Gasteiger partial charge in [-0.3, -0.25) is 4.79 Å². The van der Waals surface area contributed by atoms with Gasteiger partial charge in [0.05, 0.1) is 12.6 Å². The van der Waals surface area contributed by atoms with Crippen LogP contribution in [0.25, 0.3) is 0 Å². The minimum Gasteiger partial charge on any atom is -0.507 e. The van der Waals surface area contributed by atoms with Crippen molar-refractivity contribution in [1.82, 2.24) is 5.32 Å². The Kier molecular flexibility index (Phi) is 3.65. The van der Waals surface area contributed by atoms with Crippen LogP contribution in [-0.4, -0.2) is 29.8 Å². The van der Waals surface area contributed by atoms with E-state index in [0.717, 1.165) is 5.32 Å². The molecule has 0 radical (unpaired) electrons. The Labute approximate surface area is 120 Å². The highest BCUT2D eigenvalue weighted by Gasteiger charge is 2.67. The lowest BCUT2D eigenvalue weighted by Crippen LogP contribution is -3.05. The maximum absolute atomic E-state index is 13.7. The smallest absolute Gasteiger partial charge is 0.458 e. The number of amides is 1. The topological polar surface area (TPSA) is 65.9 Å². The highest BCUT2D eigenvalue weighted by molar-refractivity contribution is 5.88. The van der Waals surface area contributed by atoms with Crippen LogP contribution in [0.2, 0.25) is 0 Å². The lowest BCUT2D eigenvalue weighted by atomic mass is 9.84. The highest BCUT2D eigenvalue weighted by Crippen LogP contribution is 2.39. The zero-order chi connectivity index (χ0) is 16.0. The first-order valence-electron chi connectivity index (χ1n) is 6.62. The highest BCUT2D eigenvalue weighted by atomic mass is 19.4. The van der Waals surface area contributed by atoms with Gasteiger partial charge in [0.15, 0.2) is 0 Å². The number of nitrogens with two attached hydrogens (primary N) is 1. The average Bonchev–Trinajstić information content (AvgIpc) is 2.34. The number of rotatable bonds is 1. The number of phenols is 1. The van der Waals surface area contributed by atoms with Crippen molar-refractivity contribution in [1.29, 1.82) is 0 Å². The number of aryl methyl sites for hydroxylation is 2. The van der Waals surface area contributed by atoms with E-state index in [1.165, 1.54) is 26.0 Å². The van der Waals surface area contributed by atoms with E-state index in [9.17, 15) is 23.1 Å². The molecule has 116 valence electrons. The van der Waals surface area contributed by atoms with E-state index < -0.39 is 17.6 Å². The third-order valence-corrected chi connectivity index (χ3v) is 3.91. The number of carbonyl (C=O) groups excluding carboxylic acids is 1.